The van der Waals surface area contributed by atoms with Crippen LogP contribution in [-0.4, -0.2) is 22.2 Å². The fourth-order valence-corrected chi connectivity index (χ4v) is 2.59. The molecule has 6 heteroatoms. The number of hydrogen-bond donors (Lipinski definition) is 2. The highest BCUT2D eigenvalue weighted by Crippen LogP contribution is 2.36. The van der Waals surface area contributed by atoms with Gasteiger partial charge in [-0.05, 0) is 25.0 Å². The van der Waals surface area contributed by atoms with Gasteiger partial charge in [0.25, 0.3) is 5.69 Å². The van der Waals surface area contributed by atoms with Crippen LogP contribution in [0.3, 0.4) is 0 Å². The van der Waals surface area contributed by atoms with E-state index in [9.17, 15) is 15.2 Å². The topological polar surface area (TPSA) is 75.4 Å². The third-order valence-corrected chi connectivity index (χ3v) is 3.65. The van der Waals surface area contributed by atoms with Gasteiger partial charge in [-0.25, -0.2) is 0 Å². The summed E-state index contributed by atoms with van der Waals surface area (Å²) in [7, 11) is 0. The number of nitrogens with one attached hydrogen (secondary N) is 1. The minimum Gasteiger partial charge on any atom is -0.394 e. The van der Waals surface area contributed by atoms with Gasteiger partial charge in [-0.1, -0.05) is 24.4 Å². The Morgan fingerprint density at radius 1 is 1.44 bits per heavy atom. The summed E-state index contributed by atoms with van der Waals surface area (Å²) in [6.07, 6.45) is 3.69. The van der Waals surface area contributed by atoms with Crippen LogP contribution in [0.5, 0.6) is 0 Å². The van der Waals surface area contributed by atoms with Gasteiger partial charge in [-0.3, -0.25) is 10.1 Å². The third-order valence-electron chi connectivity index (χ3n) is 3.42. The zero-order chi connectivity index (χ0) is 13.2. The highest BCUT2D eigenvalue weighted by Gasteiger charge is 2.34. The number of nitro benzene ring substituents is 1. The minimum absolute atomic E-state index is 0.0211. The molecule has 18 heavy (non-hydrogen) atoms. The SMILES string of the molecule is O=[N+]([O-])c1cc(Cl)ccc1NC1(CO)CCCC1. The molecule has 1 aliphatic rings. The van der Waals surface area contributed by atoms with Gasteiger partial charge >= 0.3 is 0 Å². The summed E-state index contributed by atoms with van der Waals surface area (Å²) in [5, 5.41) is 23.9. The van der Waals surface area contributed by atoms with E-state index in [1.165, 1.54) is 6.07 Å². The Morgan fingerprint density at radius 2 is 2.11 bits per heavy atom. The molecule has 0 amide bonds. The standard InChI is InChI=1S/C12H15ClN2O3/c13-9-3-4-10(11(7-9)15(17)18)14-12(8-16)5-1-2-6-12/h3-4,7,14,16H,1-2,5-6,8H2. The van der Waals surface area contributed by atoms with E-state index >= 15 is 0 Å². The van der Waals surface area contributed by atoms with Crippen molar-refractivity contribution in [1.82, 2.24) is 0 Å². The Bertz CT molecular complexity index is 459. The molecule has 5 nitrogen and oxygen atoms in total. The van der Waals surface area contributed by atoms with Crippen LogP contribution in [0.4, 0.5) is 11.4 Å². The molecule has 0 aromatic heterocycles. The summed E-state index contributed by atoms with van der Waals surface area (Å²) in [6, 6.07) is 4.52. The lowest BCUT2D eigenvalue weighted by Crippen LogP contribution is -2.39. The Morgan fingerprint density at radius 3 is 2.67 bits per heavy atom. The Kier molecular flexibility index (Phi) is 3.73. The van der Waals surface area contributed by atoms with Crippen LogP contribution in [-0.2, 0) is 0 Å². The molecule has 0 unspecified atom stereocenters. The van der Waals surface area contributed by atoms with E-state index in [1.807, 2.05) is 0 Å². The average Bonchev–Trinajstić information content (AvgIpc) is 2.80. The maximum absolute atomic E-state index is 11.0. The highest BCUT2D eigenvalue weighted by atomic mass is 35.5. The number of aliphatic hydroxyl groups is 1. The zero-order valence-corrected chi connectivity index (χ0v) is 10.6. The van der Waals surface area contributed by atoms with E-state index in [2.05, 4.69) is 5.32 Å². The number of nitrogens with zero attached hydrogens (tertiary/aromatic N) is 1. The summed E-state index contributed by atoms with van der Waals surface area (Å²) in [5.74, 6) is 0. The van der Waals surface area contributed by atoms with Crippen LogP contribution < -0.4 is 5.32 Å². The van der Waals surface area contributed by atoms with Crippen LogP contribution in [0, 0.1) is 10.1 Å². The molecule has 0 aliphatic heterocycles. The average molecular weight is 271 g/mol. The Labute approximate surface area is 110 Å². The Hall–Kier alpha value is -1.33. The fourth-order valence-electron chi connectivity index (χ4n) is 2.42. The molecule has 98 valence electrons. The van der Waals surface area contributed by atoms with E-state index in [4.69, 9.17) is 11.6 Å². The predicted molar refractivity (Wildman–Crippen MR) is 70.0 cm³/mol. The third kappa shape index (κ3) is 2.57. The lowest BCUT2D eigenvalue weighted by Gasteiger charge is -2.29. The number of hydrogen-bond acceptors (Lipinski definition) is 4. The number of rotatable bonds is 4. The monoisotopic (exact) mass is 270 g/mol. The molecular formula is C12H15ClN2O3. The van der Waals surface area contributed by atoms with Crippen LogP contribution >= 0.6 is 11.6 Å². The maximum Gasteiger partial charge on any atom is 0.293 e. The van der Waals surface area contributed by atoms with Crippen molar-refractivity contribution < 1.29 is 10.0 Å². The first-order valence-electron chi connectivity index (χ1n) is 5.89. The van der Waals surface area contributed by atoms with Gasteiger partial charge < -0.3 is 10.4 Å². The zero-order valence-electron chi connectivity index (χ0n) is 9.86. The normalized spacial score (nSPS) is 17.7. The van der Waals surface area contributed by atoms with Crippen molar-refractivity contribution in [3.05, 3.63) is 33.3 Å². The van der Waals surface area contributed by atoms with Gasteiger partial charge in [0, 0.05) is 11.1 Å². The summed E-state index contributed by atoms with van der Waals surface area (Å²) in [4.78, 5) is 10.5. The van der Waals surface area contributed by atoms with Crippen LogP contribution in [0.1, 0.15) is 25.7 Å². The van der Waals surface area contributed by atoms with Crippen molar-refractivity contribution in [1.29, 1.82) is 0 Å². The smallest absolute Gasteiger partial charge is 0.293 e. The van der Waals surface area contributed by atoms with Gasteiger partial charge in [0.2, 0.25) is 0 Å². The largest absolute Gasteiger partial charge is 0.394 e. The Balaban J connectivity index is 2.30. The number of nitro groups is 1. The second-order valence-corrected chi connectivity index (χ2v) is 5.13. The first-order chi connectivity index (χ1) is 8.56. The molecule has 0 saturated heterocycles. The highest BCUT2D eigenvalue weighted by molar-refractivity contribution is 6.30. The van der Waals surface area contributed by atoms with Crippen LogP contribution in [0.25, 0.3) is 0 Å². The van der Waals surface area contributed by atoms with Gasteiger partial charge in [0.15, 0.2) is 0 Å². The molecule has 2 rings (SSSR count). The quantitative estimate of drug-likeness (QED) is 0.651. The van der Waals surface area contributed by atoms with Gasteiger partial charge in [-0.15, -0.1) is 0 Å². The number of benzene rings is 1. The molecule has 1 aromatic rings. The molecule has 0 spiro atoms. The first-order valence-corrected chi connectivity index (χ1v) is 6.27. The van der Waals surface area contributed by atoms with E-state index in [-0.39, 0.29) is 12.3 Å². The number of halogens is 1. The fraction of sp³-hybridized carbons (Fsp3) is 0.500. The summed E-state index contributed by atoms with van der Waals surface area (Å²) < 4.78 is 0. The molecule has 1 aromatic carbocycles. The van der Waals surface area contributed by atoms with Crippen LogP contribution in [0.15, 0.2) is 18.2 Å². The number of aliphatic hydroxyl groups excluding tert-OH is 1. The van der Waals surface area contributed by atoms with Gasteiger partial charge in [0.1, 0.15) is 5.69 Å². The van der Waals surface area contributed by atoms with E-state index in [1.54, 1.807) is 12.1 Å². The van der Waals surface area contributed by atoms with Gasteiger partial charge in [-0.2, -0.15) is 0 Å². The summed E-state index contributed by atoms with van der Waals surface area (Å²) in [6.45, 7) is -0.0211. The second-order valence-electron chi connectivity index (χ2n) is 4.69. The molecule has 1 fully saturated rings. The summed E-state index contributed by atoms with van der Waals surface area (Å²) >= 11 is 5.76. The number of anilines is 1. The first kappa shape index (κ1) is 13.1. The molecule has 0 heterocycles. The molecule has 1 aliphatic carbocycles. The van der Waals surface area contributed by atoms with Crippen LogP contribution in [0.2, 0.25) is 5.02 Å². The van der Waals surface area contributed by atoms with E-state index in [0.717, 1.165) is 25.7 Å². The molecule has 0 bridgehead atoms. The van der Waals surface area contributed by atoms with Crippen molar-refractivity contribution in [3.63, 3.8) is 0 Å². The molecule has 1 saturated carbocycles. The van der Waals surface area contributed by atoms with Crippen molar-refractivity contribution in [2.75, 3.05) is 11.9 Å². The molecular weight excluding hydrogens is 256 g/mol. The van der Waals surface area contributed by atoms with E-state index < -0.39 is 10.5 Å². The lowest BCUT2D eigenvalue weighted by atomic mass is 9.98. The van der Waals surface area contributed by atoms with Crippen molar-refractivity contribution in [2.45, 2.75) is 31.2 Å². The van der Waals surface area contributed by atoms with Gasteiger partial charge in [0.05, 0.1) is 17.1 Å². The van der Waals surface area contributed by atoms with Crippen molar-refractivity contribution >= 4 is 23.0 Å². The minimum atomic E-state index is -0.464. The molecule has 2 N–H and O–H groups in total. The second kappa shape index (κ2) is 5.12. The van der Waals surface area contributed by atoms with Crippen molar-refractivity contribution in [3.8, 4) is 0 Å². The molecule has 0 atom stereocenters. The van der Waals surface area contributed by atoms with E-state index in [0.29, 0.717) is 10.7 Å². The summed E-state index contributed by atoms with van der Waals surface area (Å²) in [5.41, 5.74) is -0.0685. The predicted octanol–water partition coefficient (Wildman–Crippen LogP) is 2.97. The molecule has 0 radical (unpaired) electrons. The maximum atomic E-state index is 11.0. The lowest BCUT2D eigenvalue weighted by molar-refractivity contribution is -0.384. The van der Waals surface area contributed by atoms with Crippen molar-refractivity contribution in [2.24, 2.45) is 0 Å².